The third-order valence-electron chi connectivity index (χ3n) is 5.08. The van der Waals surface area contributed by atoms with E-state index in [1.807, 2.05) is 0 Å². The lowest BCUT2D eigenvalue weighted by atomic mass is 10.1. The molecule has 0 unspecified atom stereocenters. The second-order valence-corrected chi connectivity index (χ2v) is 7.66. The molecule has 1 saturated heterocycles. The van der Waals surface area contributed by atoms with E-state index < -0.39 is 17.7 Å². The molecule has 6 nitrogen and oxygen atoms in total. The number of carbonyl (C=O) groups excluding carboxylic acids is 2. The van der Waals surface area contributed by atoms with Crippen LogP contribution in [-0.4, -0.2) is 55.0 Å². The molecule has 3 rings (SSSR count). The molecule has 1 aromatic heterocycles. The number of esters is 1. The zero-order chi connectivity index (χ0) is 22.6. The number of carbonyl (C=O) groups is 2. The van der Waals surface area contributed by atoms with Gasteiger partial charge in [-0.1, -0.05) is 11.6 Å². The summed E-state index contributed by atoms with van der Waals surface area (Å²) >= 11 is 6.02. The average molecular weight is 459 g/mol. The van der Waals surface area contributed by atoms with Crippen LogP contribution in [0, 0.1) is 0 Å². The van der Waals surface area contributed by atoms with Crippen LogP contribution < -0.4 is 0 Å². The summed E-state index contributed by atoms with van der Waals surface area (Å²) in [6, 6.07) is 6.26. The van der Waals surface area contributed by atoms with E-state index in [0.717, 1.165) is 12.1 Å². The lowest BCUT2D eigenvalue weighted by Crippen LogP contribution is -2.36. The van der Waals surface area contributed by atoms with Crippen molar-refractivity contribution >= 4 is 23.5 Å². The highest BCUT2D eigenvalue weighted by Gasteiger charge is 2.31. The molecule has 1 aromatic carbocycles. The molecule has 0 N–H and O–H groups in total. The Morgan fingerprint density at radius 3 is 2.61 bits per heavy atom. The molecule has 1 amide bonds. The van der Waals surface area contributed by atoms with Crippen LogP contribution in [0.1, 0.15) is 33.9 Å². The van der Waals surface area contributed by atoms with Gasteiger partial charge in [-0.25, -0.2) is 4.79 Å². The summed E-state index contributed by atoms with van der Waals surface area (Å²) in [6.45, 7) is 2.68. The monoisotopic (exact) mass is 458 g/mol. The van der Waals surface area contributed by atoms with Gasteiger partial charge in [-0.15, -0.1) is 0 Å². The smallest absolute Gasteiger partial charge is 0.416 e. The number of amides is 1. The maximum Gasteiger partial charge on any atom is 0.416 e. The van der Waals surface area contributed by atoms with E-state index in [0.29, 0.717) is 44.9 Å². The van der Waals surface area contributed by atoms with E-state index in [4.69, 9.17) is 16.0 Å². The van der Waals surface area contributed by atoms with Gasteiger partial charge in [0.1, 0.15) is 5.76 Å². The first-order valence-corrected chi connectivity index (χ1v) is 10.1. The van der Waals surface area contributed by atoms with Crippen molar-refractivity contribution in [2.75, 3.05) is 33.3 Å². The van der Waals surface area contributed by atoms with Crippen LogP contribution >= 0.6 is 11.6 Å². The summed E-state index contributed by atoms with van der Waals surface area (Å²) in [7, 11) is 1.28. The zero-order valence-electron chi connectivity index (χ0n) is 16.9. The molecular weight excluding hydrogens is 437 g/mol. The van der Waals surface area contributed by atoms with E-state index in [-0.39, 0.29) is 28.7 Å². The first-order valence-electron chi connectivity index (χ1n) is 9.70. The fourth-order valence-electron chi connectivity index (χ4n) is 3.43. The van der Waals surface area contributed by atoms with Gasteiger partial charge in [-0.3, -0.25) is 9.69 Å². The highest BCUT2D eigenvalue weighted by Crippen LogP contribution is 2.32. The lowest BCUT2D eigenvalue weighted by Gasteiger charge is -2.22. The summed E-state index contributed by atoms with van der Waals surface area (Å²) < 4.78 is 49.0. The van der Waals surface area contributed by atoms with Crippen molar-refractivity contribution < 1.29 is 31.9 Å². The Bertz CT molecular complexity index is 945. The summed E-state index contributed by atoms with van der Waals surface area (Å²) in [5, 5.41) is 0.136. The predicted octanol–water partition coefficient (Wildman–Crippen LogP) is 4.02. The second kappa shape index (κ2) is 9.74. The molecule has 0 aliphatic carbocycles. The third kappa shape index (κ3) is 6.01. The maximum absolute atomic E-state index is 13.0. The number of nitrogens with zero attached hydrogens (tertiary/aromatic N) is 2. The number of alkyl halides is 3. The summed E-state index contributed by atoms with van der Waals surface area (Å²) in [6.07, 6.45) is -3.98. The summed E-state index contributed by atoms with van der Waals surface area (Å²) in [5.74, 6) is -0.0841. The minimum absolute atomic E-state index is 0.127. The van der Waals surface area contributed by atoms with Gasteiger partial charge in [0.15, 0.2) is 0 Å². The number of halogens is 4. The van der Waals surface area contributed by atoms with Crippen LogP contribution in [0.3, 0.4) is 0 Å². The quantitative estimate of drug-likeness (QED) is 0.633. The highest BCUT2D eigenvalue weighted by atomic mass is 35.5. The minimum atomic E-state index is -4.49. The molecule has 0 bridgehead atoms. The van der Waals surface area contributed by atoms with Crippen LogP contribution in [0.5, 0.6) is 0 Å². The molecule has 168 valence electrons. The minimum Gasteiger partial charge on any atom is -0.463 e. The van der Waals surface area contributed by atoms with Gasteiger partial charge < -0.3 is 14.1 Å². The Hall–Kier alpha value is -2.52. The first-order chi connectivity index (χ1) is 14.7. The van der Waals surface area contributed by atoms with E-state index in [1.54, 1.807) is 17.0 Å². The van der Waals surface area contributed by atoms with Crippen LogP contribution in [0.4, 0.5) is 13.2 Å². The molecule has 0 radical (unpaired) electrons. The van der Waals surface area contributed by atoms with Gasteiger partial charge in [0.2, 0.25) is 11.7 Å². The largest absolute Gasteiger partial charge is 0.463 e. The van der Waals surface area contributed by atoms with Crippen molar-refractivity contribution in [1.82, 2.24) is 9.80 Å². The van der Waals surface area contributed by atoms with E-state index >= 15 is 0 Å². The SMILES string of the molecule is COC(=O)c1ccc(CN2CCCN(C(=O)Cc3cc(C(F)(F)F)ccc3Cl)CC2)o1. The number of rotatable bonds is 5. The average Bonchev–Trinajstić information content (AvgIpc) is 3.05. The molecule has 2 aromatic rings. The second-order valence-electron chi connectivity index (χ2n) is 7.25. The Kier molecular flexibility index (Phi) is 7.27. The number of benzene rings is 1. The van der Waals surface area contributed by atoms with Crippen LogP contribution in [0.15, 0.2) is 34.7 Å². The maximum atomic E-state index is 13.0. The molecular formula is C21H22ClF3N2O4. The van der Waals surface area contributed by atoms with Crippen molar-refractivity contribution in [3.8, 4) is 0 Å². The highest BCUT2D eigenvalue weighted by molar-refractivity contribution is 6.31. The Balaban J connectivity index is 1.59. The van der Waals surface area contributed by atoms with Crippen LogP contribution in [0.25, 0.3) is 0 Å². The molecule has 31 heavy (non-hydrogen) atoms. The molecule has 1 aliphatic rings. The Morgan fingerprint density at radius 1 is 1.13 bits per heavy atom. The van der Waals surface area contributed by atoms with E-state index in [1.165, 1.54) is 13.2 Å². The third-order valence-corrected chi connectivity index (χ3v) is 5.45. The van der Waals surface area contributed by atoms with Gasteiger partial charge in [0, 0.05) is 31.2 Å². The van der Waals surface area contributed by atoms with Crippen molar-refractivity contribution in [2.24, 2.45) is 0 Å². The van der Waals surface area contributed by atoms with E-state index in [2.05, 4.69) is 9.64 Å². The Labute approximate surface area is 182 Å². The van der Waals surface area contributed by atoms with Gasteiger partial charge in [-0.05, 0) is 42.3 Å². The topological polar surface area (TPSA) is 63.0 Å². The molecule has 2 heterocycles. The van der Waals surface area contributed by atoms with Crippen LogP contribution in [-0.2, 0) is 28.7 Å². The van der Waals surface area contributed by atoms with Gasteiger partial charge in [-0.2, -0.15) is 13.2 Å². The lowest BCUT2D eigenvalue weighted by molar-refractivity contribution is -0.138. The standard InChI is InChI=1S/C21H22ClF3N2O4/c1-30-20(29)18-6-4-16(31-18)13-26-7-2-8-27(10-9-26)19(28)12-14-11-15(21(23,24)25)3-5-17(14)22/h3-6,11H,2,7-10,12-13H2,1H3. The molecule has 0 saturated carbocycles. The van der Waals surface area contributed by atoms with Crippen molar-refractivity contribution in [1.29, 1.82) is 0 Å². The molecule has 0 atom stereocenters. The summed E-state index contributed by atoms with van der Waals surface area (Å²) in [4.78, 5) is 27.9. The molecule has 1 aliphatic heterocycles. The van der Waals surface area contributed by atoms with Gasteiger partial charge >= 0.3 is 12.1 Å². The van der Waals surface area contributed by atoms with Crippen molar-refractivity contribution in [3.63, 3.8) is 0 Å². The van der Waals surface area contributed by atoms with Crippen molar-refractivity contribution in [2.45, 2.75) is 25.6 Å². The number of ether oxygens (including phenoxy) is 1. The summed E-state index contributed by atoms with van der Waals surface area (Å²) in [5.41, 5.74) is -0.667. The van der Waals surface area contributed by atoms with Gasteiger partial charge in [0.25, 0.3) is 0 Å². The number of hydrogen-bond donors (Lipinski definition) is 0. The number of furan rings is 1. The van der Waals surface area contributed by atoms with E-state index in [9.17, 15) is 22.8 Å². The van der Waals surface area contributed by atoms with Crippen LogP contribution in [0.2, 0.25) is 5.02 Å². The molecule has 10 heteroatoms. The normalized spacial score (nSPS) is 15.6. The number of methoxy groups -OCH3 is 1. The Morgan fingerprint density at radius 2 is 1.90 bits per heavy atom. The molecule has 1 fully saturated rings. The zero-order valence-corrected chi connectivity index (χ0v) is 17.6. The fourth-order valence-corrected chi connectivity index (χ4v) is 3.62. The van der Waals surface area contributed by atoms with Crippen molar-refractivity contribution in [3.05, 3.63) is 58.0 Å². The fraction of sp³-hybridized carbons (Fsp3) is 0.429. The predicted molar refractivity (Wildman–Crippen MR) is 107 cm³/mol. The number of hydrogen-bond acceptors (Lipinski definition) is 5. The first kappa shape index (κ1) is 23.1. The van der Waals surface area contributed by atoms with Gasteiger partial charge in [0.05, 0.1) is 25.6 Å². The molecule has 0 spiro atoms.